The molecule has 4 nitrogen and oxygen atoms in total. The summed E-state index contributed by atoms with van der Waals surface area (Å²) in [5.41, 5.74) is 2.80. The van der Waals surface area contributed by atoms with Gasteiger partial charge in [0.1, 0.15) is 6.04 Å². The maximum Gasteiger partial charge on any atom is 0.246 e. The summed E-state index contributed by atoms with van der Waals surface area (Å²) < 4.78 is 0.939. The van der Waals surface area contributed by atoms with Crippen molar-refractivity contribution in [3.63, 3.8) is 0 Å². The van der Waals surface area contributed by atoms with Crippen molar-refractivity contribution in [2.75, 3.05) is 30.4 Å². The molecule has 1 unspecified atom stereocenters. The Morgan fingerprint density at radius 1 is 1.55 bits per heavy atom. The Morgan fingerprint density at radius 2 is 2.30 bits per heavy atom. The molecule has 0 saturated carbocycles. The number of benzene rings is 1. The lowest BCUT2D eigenvalue weighted by Gasteiger charge is -2.19. The van der Waals surface area contributed by atoms with E-state index < -0.39 is 0 Å². The molecule has 0 fully saturated rings. The second-order valence-corrected chi connectivity index (χ2v) is 5.68. The Bertz CT molecular complexity index is 565. The van der Waals surface area contributed by atoms with Crippen molar-refractivity contribution in [2.45, 2.75) is 19.4 Å². The number of rotatable bonds is 5. The minimum absolute atomic E-state index is 0.00268. The summed E-state index contributed by atoms with van der Waals surface area (Å²) in [5.74, 6) is 2.61. The van der Waals surface area contributed by atoms with Crippen LogP contribution in [0.2, 0.25) is 0 Å². The summed E-state index contributed by atoms with van der Waals surface area (Å²) in [5, 5.41) is 6.18. The molecule has 2 rings (SSSR count). The molecule has 0 saturated heterocycles. The summed E-state index contributed by atoms with van der Waals surface area (Å²) in [7, 11) is 1.93. The average molecular weight is 336 g/mol. The van der Waals surface area contributed by atoms with Crippen molar-refractivity contribution in [1.29, 1.82) is 0 Å². The van der Waals surface area contributed by atoms with Gasteiger partial charge in [0.05, 0.1) is 12.2 Å². The number of hydrogen-bond acceptors (Lipinski definition) is 3. The molecule has 1 aliphatic heterocycles. The van der Waals surface area contributed by atoms with E-state index in [1.165, 1.54) is 0 Å². The lowest BCUT2D eigenvalue weighted by Crippen LogP contribution is -2.28. The highest BCUT2D eigenvalue weighted by Crippen LogP contribution is 2.38. The Morgan fingerprint density at radius 3 is 2.95 bits per heavy atom. The van der Waals surface area contributed by atoms with Gasteiger partial charge in [0.15, 0.2) is 0 Å². The van der Waals surface area contributed by atoms with Gasteiger partial charge >= 0.3 is 0 Å². The van der Waals surface area contributed by atoms with E-state index in [9.17, 15) is 4.79 Å². The average Bonchev–Trinajstić information content (AvgIpc) is 2.71. The van der Waals surface area contributed by atoms with Crippen LogP contribution in [-0.2, 0) is 4.79 Å². The Hall–Kier alpha value is -1.51. The highest BCUT2D eigenvalue weighted by atomic mass is 79.9. The van der Waals surface area contributed by atoms with E-state index in [4.69, 9.17) is 6.42 Å². The number of hydrogen-bond donors (Lipinski definition) is 2. The molecule has 0 bridgehead atoms. The Kier molecular flexibility index (Phi) is 4.69. The molecular formula is C15H18BrN3O. The second kappa shape index (κ2) is 6.29. The van der Waals surface area contributed by atoms with Gasteiger partial charge in [-0.15, -0.1) is 6.42 Å². The quantitative estimate of drug-likeness (QED) is 0.812. The number of nitrogens with one attached hydrogen (secondary N) is 2. The first kappa shape index (κ1) is 14.9. The predicted octanol–water partition coefficient (Wildman–Crippen LogP) is 2.51. The molecule has 20 heavy (non-hydrogen) atoms. The van der Waals surface area contributed by atoms with E-state index >= 15 is 0 Å². The van der Waals surface area contributed by atoms with Gasteiger partial charge in [-0.3, -0.25) is 4.79 Å². The van der Waals surface area contributed by atoms with Crippen LogP contribution < -0.4 is 15.5 Å². The summed E-state index contributed by atoms with van der Waals surface area (Å²) in [6, 6.07) is 3.68. The topological polar surface area (TPSA) is 44.4 Å². The Labute approximate surface area is 128 Å². The first-order valence-electron chi connectivity index (χ1n) is 6.60. The van der Waals surface area contributed by atoms with Crippen LogP contribution in [0.4, 0.5) is 11.4 Å². The predicted molar refractivity (Wildman–Crippen MR) is 85.9 cm³/mol. The number of carbonyl (C=O) groups excluding carboxylic acids is 1. The summed E-state index contributed by atoms with van der Waals surface area (Å²) in [6.07, 6.45) is 6.33. The third-order valence-electron chi connectivity index (χ3n) is 3.29. The van der Waals surface area contributed by atoms with Crippen molar-refractivity contribution >= 4 is 33.2 Å². The smallest absolute Gasteiger partial charge is 0.246 e. The van der Waals surface area contributed by atoms with Crippen molar-refractivity contribution < 1.29 is 4.79 Å². The molecule has 5 heteroatoms. The van der Waals surface area contributed by atoms with Crippen molar-refractivity contribution in [3.8, 4) is 12.3 Å². The number of fused-ring (bicyclic) bond motifs is 1. The maximum atomic E-state index is 12.0. The van der Waals surface area contributed by atoms with Gasteiger partial charge in [-0.1, -0.05) is 12.8 Å². The number of terminal acetylenes is 1. The van der Waals surface area contributed by atoms with Crippen molar-refractivity contribution in [3.05, 3.63) is 22.2 Å². The highest BCUT2D eigenvalue weighted by Gasteiger charge is 2.31. The van der Waals surface area contributed by atoms with Crippen molar-refractivity contribution in [2.24, 2.45) is 0 Å². The number of amides is 1. The van der Waals surface area contributed by atoms with Crippen LogP contribution in [0, 0.1) is 12.3 Å². The van der Waals surface area contributed by atoms with Gasteiger partial charge in [0, 0.05) is 22.8 Å². The molecule has 1 aliphatic rings. The molecule has 1 heterocycles. The van der Waals surface area contributed by atoms with Gasteiger partial charge in [-0.2, -0.15) is 0 Å². The molecule has 1 aromatic rings. The number of anilines is 2. The van der Waals surface area contributed by atoms with Gasteiger partial charge in [-0.25, -0.2) is 0 Å². The molecule has 0 spiro atoms. The normalized spacial score (nSPS) is 16.5. The van der Waals surface area contributed by atoms with Crippen LogP contribution in [0.25, 0.3) is 0 Å². The highest BCUT2D eigenvalue weighted by molar-refractivity contribution is 9.10. The molecule has 0 aromatic heterocycles. The molecule has 1 aromatic carbocycles. The van der Waals surface area contributed by atoms with Crippen LogP contribution in [0.3, 0.4) is 0 Å². The molecule has 0 aliphatic carbocycles. The van der Waals surface area contributed by atoms with E-state index in [1.807, 2.05) is 24.1 Å². The SMILES string of the molecule is C#CCN(C)c1cc2c(cc1Br)C(NCCC)C(=O)N2. The van der Waals surface area contributed by atoms with Gasteiger partial charge in [-0.05, 0) is 41.0 Å². The zero-order chi connectivity index (χ0) is 14.7. The largest absolute Gasteiger partial charge is 0.362 e. The van der Waals surface area contributed by atoms with E-state index in [2.05, 4.69) is 39.4 Å². The zero-order valence-corrected chi connectivity index (χ0v) is 13.3. The summed E-state index contributed by atoms with van der Waals surface area (Å²) in [4.78, 5) is 14.0. The van der Waals surface area contributed by atoms with Gasteiger partial charge in [0.2, 0.25) is 5.91 Å². The molecule has 2 N–H and O–H groups in total. The fourth-order valence-corrected chi connectivity index (χ4v) is 2.94. The standard InChI is InChI=1S/C15H18BrN3O/c1-4-6-17-14-10-8-11(16)13(19(3)7-5-2)9-12(10)18-15(14)20/h2,8-9,14,17H,4,6-7H2,1,3H3,(H,18,20). The minimum atomic E-state index is -0.270. The summed E-state index contributed by atoms with van der Waals surface area (Å²) >= 11 is 3.56. The third-order valence-corrected chi connectivity index (χ3v) is 3.92. The molecular weight excluding hydrogens is 318 g/mol. The minimum Gasteiger partial charge on any atom is -0.362 e. The first-order valence-corrected chi connectivity index (χ1v) is 7.40. The molecule has 1 atom stereocenters. The maximum absolute atomic E-state index is 12.0. The fourth-order valence-electron chi connectivity index (χ4n) is 2.28. The number of halogens is 1. The third kappa shape index (κ3) is 2.82. The van der Waals surface area contributed by atoms with Crippen molar-refractivity contribution in [1.82, 2.24) is 5.32 Å². The van der Waals surface area contributed by atoms with Crippen LogP contribution in [0.15, 0.2) is 16.6 Å². The van der Waals surface area contributed by atoms with Crippen LogP contribution in [0.5, 0.6) is 0 Å². The van der Waals surface area contributed by atoms with E-state index in [0.29, 0.717) is 6.54 Å². The first-order chi connectivity index (χ1) is 9.58. The monoisotopic (exact) mass is 335 g/mol. The lowest BCUT2D eigenvalue weighted by atomic mass is 10.1. The molecule has 106 valence electrons. The van der Waals surface area contributed by atoms with E-state index in [1.54, 1.807) is 0 Å². The van der Waals surface area contributed by atoms with E-state index in [0.717, 1.165) is 34.4 Å². The van der Waals surface area contributed by atoms with Crippen LogP contribution >= 0.6 is 15.9 Å². The van der Waals surface area contributed by atoms with Gasteiger partial charge in [0.25, 0.3) is 0 Å². The van der Waals surface area contributed by atoms with Gasteiger partial charge < -0.3 is 15.5 Å². The molecule has 1 amide bonds. The Balaban J connectivity index is 2.32. The number of nitrogens with zero attached hydrogens (tertiary/aromatic N) is 1. The fraction of sp³-hybridized carbons (Fsp3) is 0.400. The van der Waals surface area contributed by atoms with E-state index in [-0.39, 0.29) is 11.9 Å². The zero-order valence-electron chi connectivity index (χ0n) is 11.7. The molecule has 0 radical (unpaired) electrons. The number of carbonyl (C=O) groups is 1. The van der Waals surface area contributed by atoms with Crippen LogP contribution in [0.1, 0.15) is 24.9 Å². The van der Waals surface area contributed by atoms with Crippen LogP contribution in [-0.4, -0.2) is 26.0 Å². The second-order valence-electron chi connectivity index (χ2n) is 4.83. The lowest BCUT2D eigenvalue weighted by molar-refractivity contribution is -0.117. The summed E-state index contributed by atoms with van der Waals surface area (Å²) in [6.45, 7) is 3.41.